The van der Waals surface area contributed by atoms with Crippen molar-refractivity contribution in [3.05, 3.63) is 34.3 Å². The smallest absolute Gasteiger partial charge is 0.303 e. The number of nitrogens with one attached hydrogen (secondary N) is 1. The fraction of sp³-hybridized carbons (Fsp3) is 0.500. The van der Waals surface area contributed by atoms with Crippen molar-refractivity contribution in [3.63, 3.8) is 0 Å². The highest BCUT2D eigenvalue weighted by Crippen LogP contribution is 2.18. The molecule has 21 heavy (non-hydrogen) atoms. The van der Waals surface area contributed by atoms with Gasteiger partial charge in [-0.1, -0.05) is 36.9 Å². The highest BCUT2D eigenvalue weighted by molar-refractivity contribution is 6.31. The van der Waals surface area contributed by atoms with Gasteiger partial charge in [-0.05, 0) is 37.5 Å². The number of amides is 1. The number of carbonyl (C=O) groups excluding carboxylic acids is 1. The summed E-state index contributed by atoms with van der Waals surface area (Å²) in [6, 6.07) is 5.31. The Balaban J connectivity index is 2.17. The maximum absolute atomic E-state index is 12.0. The predicted octanol–water partition coefficient (Wildman–Crippen LogP) is 3.80. The highest BCUT2D eigenvalue weighted by Gasteiger charge is 2.09. The van der Waals surface area contributed by atoms with E-state index in [0.29, 0.717) is 17.1 Å². The Kier molecular flexibility index (Phi) is 7.83. The topological polar surface area (TPSA) is 66.4 Å². The SMILES string of the molecule is Cc1c(Cl)cccc1C(=O)NCCCCCCCC(=O)O. The molecule has 0 heterocycles. The molecular formula is C16H22ClNO3. The first kappa shape index (κ1) is 17.5. The molecule has 0 atom stereocenters. The summed E-state index contributed by atoms with van der Waals surface area (Å²) in [6.45, 7) is 2.46. The minimum atomic E-state index is -0.737. The molecule has 1 aromatic carbocycles. The number of carboxylic acids is 1. The molecule has 1 amide bonds. The van der Waals surface area contributed by atoms with Gasteiger partial charge in [-0.15, -0.1) is 0 Å². The Labute approximate surface area is 130 Å². The van der Waals surface area contributed by atoms with Crippen LogP contribution in [0.1, 0.15) is 54.4 Å². The van der Waals surface area contributed by atoms with Crippen molar-refractivity contribution >= 4 is 23.5 Å². The van der Waals surface area contributed by atoms with Crippen molar-refractivity contribution in [1.29, 1.82) is 0 Å². The number of hydrogen-bond donors (Lipinski definition) is 2. The maximum atomic E-state index is 12.0. The van der Waals surface area contributed by atoms with Crippen LogP contribution in [0.15, 0.2) is 18.2 Å². The number of unbranched alkanes of at least 4 members (excludes halogenated alkanes) is 4. The third-order valence-corrected chi connectivity index (χ3v) is 3.77. The number of halogens is 1. The monoisotopic (exact) mass is 311 g/mol. The Morgan fingerprint density at radius 3 is 2.52 bits per heavy atom. The van der Waals surface area contributed by atoms with Crippen LogP contribution in [-0.2, 0) is 4.79 Å². The number of carboxylic acid groups (broad SMARTS) is 1. The minimum absolute atomic E-state index is 0.0964. The van der Waals surface area contributed by atoms with Gasteiger partial charge in [0.1, 0.15) is 0 Å². The number of rotatable bonds is 9. The molecular weight excluding hydrogens is 290 g/mol. The third kappa shape index (κ3) is 6.63. The fourth-order valence-electron chi connectivity index (χ4n) is 2.08. The molecule has 0 aliphatic heterocycles. The van der Waals surface area contributed by atoms with Gasteiger partial charge in [-0.25, -0.2) is 0 Å². The molecule has 1 rings (SSSR count). The zero-order valence-electron chi connectivity index (χ0n) is 12.3. The first-order valence-corrected chi connectivity index (χ1v) is 7.65. The predicted molar refractivity (Wildman–Crippen MR) is 83.9 cm³/mol. The molecule has 0 aromatic heterocycles. The summed E-state index contributed by atoms with van der Waals surface area (Å²) in [6.07, 6.45) is 4.79. The molecule has 0 spiro atoms. The van der Waals surface area contributed by atoms with Gasteiger partial charge in [0, 0.05) is 23.6 Å². The van der Waals surface area contributed by atoms with E-state index >= 15 is 0 Å². The molecule has 0 bridgehead atoms. The quantitative estimate of drug-likeness (QED) is 0.682. The van der Waals surface area contributed by atoms with Gasteiger partial charge in [0.05, 0.1) is 0 Å². The van der Waals surface area contributed by atoms with Crippen molar-refractivity contribution in [1.82, 2.24) is 5.32 Å². The van der Waals surface area contributed by atoms with Crippen LogP contribution in [0.5, 0.6) is 0 Å². The van der Waals surface area contributed by atoms with Crippen LogP contribution in [0.2, 0.25) is 5.02 Å². The van der Waals surface area contributed by atoms with E-state index in [0.717, 1.165) is 37.7 Å². The summed E-state index contributed by atoms with van der Waals surface area (Å²) in [5.41, 5.74) is 1.41. The largest absolute Gasteiger partial charge is 0.481 e. The van der Waals surface area contributed by atoms with E-state index in [1.807, 2.05) is 6.92 Å². The Bertz CT molecular complexity index is 488. The second kappa shape index (κ2) is 9.40. The lowest BCUT2D eigenvalue weighted by Gasteiger charge is -2.08. The van der Waals surface area contributed by atoms with Crippen molar-refractivity contribution in [2.75, 3.05) is 6.54 Å². The molecule has 116 valence electrons. The van der Waals surface area contributed by atoms with Crippen LogP contribution < -0.4 is 5.32 Å². The Morgan fingerprint density at radius 1 is 1.14 bits per heavy atom. The zero-order chi connectivity index (χ0) is 15.7. The molecule has 0 saturated carbocycles. The van der Waals surface area contributed by atoms with Gasteiger partial charge in [-0.2, -0.15) is 0 Å². The molecule has 0 unspecified atom stereocenters. The van der Waals surface area contributed by atoms with Gasteiger partial charge >= 0.3 is 5.97 Å². The van der Waals surface area contributed by atoms with Crippen LogP contribution in [-0.4, -0.2) is 23.5 Å². The van der Waals surface area contributed by atoms with Crippen LogP contribution >= 0.6 is 11.6 Å². The minimum Gasteiger partial charge on any atom is -0.481 e. The van der Waals surface area contributed by atoms with E-state index in [9.17, 15) is 9.59 Å². The van der Waals surface area contributed by atoms with Gasteiger partial charge in [-0.3, -0.25) is 9.59 Å². The van der Waals surface area contributed by atoms with Gasteiger partial charge in [0.25, 0.3) is 5.91 Å². The lowest BCUT2D eigenvalue weighted by molar-refractivity contribution is -0.137. The summed E-state index contributed by atoms with van der Waals surface area (Å²) >= 11 is 5.99. The molecule has 5 heteroatoms. The number of hydrogen-bond acceptors (Lipinski definition) is 2. The molecule has 0 saturated heterocycles. The van der Waals surface area contributed by atoms with E-state index < -0.39 is 5.97 Å². The molecule has 4 nitrogen and oxygen atoms in total. The van der Waals surface area contributed by atoms with E-state index in [1.165, 1.54) is 0 Å². The number of aliphatic carboxylic acids is 1. The van der Waals surface area contributed by atoms with Gasteiger partial charge < -0.3 is 10.4 Å². The average molecular weight is 312 g/mol. The van der Waals surface area contributed by atoms with E-state index in [4.69, 9.17) is 16.7 Å². The third-order valence-electron chi connectivity index (χ3n) is 3.37. The molecule has 0 radical (unpaired) electrons. The first-order chi connectivity index (χ1) is 10.0. The average Bonchev–Trinajstić information content (AvgIpc) is 2.44. The molecule has 1 aromatic rings. The summed E-state index contributed by atoms with van der Waals surface area (Å²) in [4.78, 5) is 22.3. The van der Waals surface area contributed by atoms with Crippen LogP contribution in [0, 0.1) is 6.92 Å². The van der Waals surface area contributed by atoms with Gasteiger partial charge in [0.2, 0.25) is 0 Å². The van der Waals surface area contributed by atoms with E-state index in [-0.39, 0.29) is 12.3 Å². The molecule has 0 fully saturated rings. The maximum Gasteiger partial charge on any atom is 0.303 e. The van der Waals surface area contributed by atoms with E-state index in [2.05, 4.69) is 5.32 Å². The summed E-state index contributed by atoms with van der Waals surface area (Å²) in [7, 11) is 0. The highest BCUT2D eigenvalue weighted by atomic mass is 35.5. The lowest BCUT2D eigenvalue weighted by Crippen LogP contribution is -2.25. The van der Waals surface area contributed by atoms with Crippen molar-refractivity contribution < 1.29 is 14.7 Å². The van der Waals surface area contributed by atoms with Crippen molar-refractivity contribution in [3.8, 4) is 0 Å². The van der Waals surface area contributed by atoms with Gasteiger partial charge in [0.15, 0.2) is 0 Å². The Hall–Kier alpha value is -1.55. The fourth-order valence-corrected chi connectivity index (χ4v) is 2.26. The summed E-state index contributed by atoms with van der Waals surface area (Å²) in [5, 5.41) is 12.0. The molecule has 0 aliphatic carbocycles. The molecule has 2 N–H and O–H groups in total. The summed E-state index contributed by atoms with van der Waals surface area (Å²) < 4.78 is 0. The second-order valence-electron chi connectivity index (χ2n) is 5.08. The van der Waals surface area contributed by atoms with E-state index in [1.54, 1.807) is 18.2 Å². The normalized spacial score (nSPS) is 10.4. The standard InChI is InChI=1S/C16H22ClNO3/c1-12-13(8-7-9-14(12)17)16(21)18-11-6-4-2-3-5-10-15(19)20/h7-9H,2-6,10-11H2,1H3,(H,18,21)(H,19,20). The Morgan fingerprint density at radius 2 is 1.81 bits per heavy atom. The number of carbonyl (C=O) groups is 2. The van der Waals surface area contributed by atoms with Crippen molar-refractivity contribution in [2.45, 2.75) is 45.4 Å². The number of benzene rings is 1. The lowest BCUT2D eigenvalue weighted by atomic mass is 10.1. The van der Waals surface area contributed by atoms with Crippen LogP contribution in [0.4, 0.5) is 0 Å². The second-order valence-corrected chi connectivity index (χ2v) is 5.49. The first-order valence-electron chi connectivity index (χ1n) is 7.27. The summed E-state index contributed by atoms with van der Waals surface area (Å²) in [5.74, 6) is -0.833. The van der Waals surface area contributed by atoms with Crippen LogP contribution in [0.25, 0.3) is 0 Å². The molecule has 0 aliphatic rings. The zero-order valence-corrected chi connectivity index (χ0v) is 13.1. The van der Waals surface area contributed by atoms with Crippen molar-refractivity contribution in [2.24, 2.45) is 0 Å². The van der Waals surface area contributed by atoms with Crippen LogP contribution in [0.3, 0.4) is 0 Å².